The number of carboxylic acid groups (broad SMARTS) is 1. The number of rotatable bonds is 8. The number of nitrogens with zero attached hydrogens (tertiary/aromatic N) is 3. The van der Waals surface area contributed by atoms with Crippen molar-refractivity contribution < 1.29 is 14.6 Å². The van der Waals surface area contributed by atoms with Gasteiger partial charge in [0.25, 0.3) is 0 Å². The number of para-hydroxylation sites is 1. The van der Waals surface area contributed by atoms with Crippen molar-refractivity contribution in [1.29, 1.82) is 0 Å². The van der Waals surface area contributed by atoms with Crippen LogP contribution in [0.4, 0.5) is 5.69 Å². The summed E-state index contributed by atoms with van der Waals surface area (Å²) in [7, 11) is 0. The number of fused-ring (bicyclic) bond motifs is 5. The number of piperidine rings is 1. The number of benzene rings is 2. The molecule has 1 aromatic heterocycles. The van der Waals surface area contributed by atoms with E-state index < -0.39 is 5.97 Å². The molecule has 2 aromatic carbocycles. The molecule has 3 aromatic rings. The number of hydrogen-bond donors (Lipinski definition) is 1. The molecule has 0 unspecified atom stereocenters. The minimum Gasteiger partial charge on any atom is -0.489 e. The SMILES string of the molecule is CCN(CCCN1CCCCC1)c1cccc2c1OCCn1c-2c(C2CCCCC2)c2ccc(C(=O)O)cc21. The van der Waals surface area contributed by atoms with E-state index in [0.717, 1.165) is 42.9 Å². The molecular formula is C33H43N3O3. The third-order valence-corrected chi connectivity index (χ3v) is 9.25. The van der Waals surface area contributed by atoms with Crippen LogP contribution in [-0.4, -0.2) is 59.9 Å². The first-order valence-electron chi connectivity index (χ1n) is 15.3. The maximum absolute atomic E-state index is 11.9. The summed E-state index contributed by atoms with van der Waals surface area (Å²) in [6.07, 6.45) is 11.4. The van der Waals surface area contributed by atoms with E-state index in [4.69, 9.17) is 4.74 Å². The molecule has 6 heteroatoms. The summed E-state index contributed by atoms with van der Waals surface area (Å²) in [6, 6.07) is 12.4. The topological polar surface area (TPSA) is 57.9 Å². The zero-order valence-electron chi connectivity index (χ0n) is 23.5. The lowest BCUT2D eigenvalue weighted by molar-refractivity contribution is 0.0697. The van der Waals surface area contributed by atoms with Crippen molar-refractivity contribution >= 4 is 22.6 Å². The standard InChI is InChI=1S/C33H43N3O3/c1-2-35(20-10-19-34-17-7-4-8-18-34)28-14-9-13-27-31-30(24-11-5-3-6-12-24)26-16-15-25(33(37)38)23-29(26)36(31)21-22-39-32(27)28/h9,13-16,23-24H,2-8,10-12,17-22H2,1H3,(H,37,38). The van der Waals surface area contributed by atoms with Gasteiger partial charge >= 0.3 is 5.97 Å². The molecule has 6 rings (SSSR count). The molecule has 1 saturated heterocycles. The highest BCUT2D eigenvalue weighted by atomic mass is 16.5. The van der Waals surface area contributed by atoms with Gasteiger partial charge in [-0.25, -0.2) is 4.79 Å². The summed E-state index contributed by atoms with van der Waals surface area (Å²) < 4.78 is 8.93. The molecule has 0 bridgehead atoms. The van der Waals surface area contributed by atoms with E-state index in [1.165, 1.54) is 93.3 Å². The van der Waals surface area contributed by atoms with Gasteiger partial charge in [-0.2, -0.15) is 0 Å². The highest BCUT2D eigenvalue weighted by molar-refractivity contribution is 5.99. The Labute approximate surface area is 232 Å². The molecule has 3 aliphatic rings. The number of aromatic carboxylic acids is 1. The van der Waals surface area contributed by atoms with Crippen molar-refractivity contribution in [3.05, 3.63) is 47.5 Å². The van der Waals surface area contributed by atoms with Crippen LogP contribution in [-0.2, 0) is 6.54 Å². The molecule has 0 radical (unpaired) electrons. The van der Waals surface area contributed by atoms with Crippen molar-refractivity contribution in [3.63, 3.8) is 0 Å². The van der Waals surface area contributed by atoms with Gasteiger partial charge in [0.2, 0.25) is 0 Å². The number of carbonyl (C=O) groups is 1. The second-order valence-corrected chi connectivity index (χ2v) is 11.6. The monoisotopic (exact) mass is 529 g/mol. The normalized spacial score (nSPS) is 18.3. The maximum atomic E-state index is 11.9. The molecule has 6 nitrogen and oxygen atoms in total. The molecule has 1 N–H and O–H groups in total. The van der Waals surface area contributed by atoms with E-state index in [1.807, 2.05) is 6.07 Å². The lowest BCUT2D eigenvalue weighted by Gasteiger charge is -2.30. The first-order valence-corrected chi connectivity index (χ1v) is 15.3. The lowest BCUT2D eigenvalue weighted by atomic mass is 9.81. The Bertz CT molecular complexity index is 1320. The van der Waals surface area contributed by atoms with Crippen molar-refractivity contribution in [2.45, 2.75) is 77.2 Å². The van der Waals surface area contributed by atoms with Crippen molar-refractivity contribution in [3.8, 4) is 17.0 Å². The summed E-state index contributed by atoms with van der Waals surface area (Å²) in [5.41, 5.74) is 6.38. The van der Waals surface area contributed by atoms with Crippen LogP contribution in [0.2, 0.25) is 0 Å². The summed E-state index contributed by atoms with van der Waals surface area (Å²) in [5.74, 6) is 0.617. The summed E-state index contributed by atoms with van der Waals surface area (Å²) >= 11 is 0. The molecule has 208 valence electrons. The number of hydrogen-bond acceptors (Lipinski definition) is 4. The van der Waals surface area contributed by atoms with E-state index in [0.29, 0.717) is 18.1 Å². The molecule has 0 amide bonds. The number of ether oxygens (including phenoxy) is 1. The third kappa shape index (κ3) is 5.16. The van der Waals surface area contributed by atoms with Crippen LogP contribution in [0.5, 0.6) is 5.75 Å². The molecule has 1 saturated carbocycles. The Morgan fingerprint density at radius 1 is 1.03 bits per heavy atom. The van der Waals surface area contributed by atoms with Crippen LogP contribution in [0.1, 0.15) is 86.6 Å². The van der Waals surface area contributed by atoms with Crippen LogP contribution < -0.4 is 9.64 Å². The Morgan fingerprint density at radius 2 is 1.82 bits per heavy atom. The van der Waals surface area contributed by atoms with Gasteiger partial charge < -0.3 is 24.2 Å². The zero-order chi connectivity index (χ0) is 26.8. The fourth-order valence-corrected chi connectivity index (χ4v) is 7.30. The van der Waals surface area contributed by atoms with E-state index in [2.05, 4.69) is 45.6 Å². The fraction of sp³-hybridized carbons (Fsp3) is 0.545. The second kappa shape index (κ2) is 11.6. The average Bonchev–Trinajstić information content (AvgIpc) is 3.17. The number of anilines is 1. The van der Waals surface area contributed by atoms with Gasteiger partial charge in [-0.1, -0.05) is 37.8 Å². The summed E-state index contributed by atoms with van der Waals surface area (Å²) in [5, 5.41) is 11.0. The molecular weight excluding hydrogens is 486 g/mol. The first kappa shape index (κ1) is 26.2. The Hall–Kier alpha value is -2.99. The van der Waals surface area contributed by atoms with Crippen molar-refractivity contribution in [2.75, 3.05) is 44.2 Å². The van der Waals surface area contributed by atoms with E-state index in [-0.39, 0.29) is 0 Å². The highest BCUT2D eigenvalue weighted by Crippen LogP contribution is 2.49. The van der Waals surface area contributed by atoms with Crippen molar-refractivity contribution in [1.82, 2.24) is 9.47 Å². The quantitative estimate of drug-likeness (QED) is 0.336. The summed E-state index contributed by atoms with van der Waals surface area (Å²) in [6.45, 7) is 9.16. The molecule has 39 heavy (non-hydrogen) atoms. The molecule has 3 heterocycles. The number of carboxylic acids is 1. The van der Waals surface area contributed by atoms with Gasteiger partial charge in [-0.15, -0.1) is 0 Å². The lowest BCUT2D eigenvalue weighted by Crippen LogP contribution is -2.33. The maximum Gasteiger partial charge on any atom is 0.335 e. The summed E-state index contributed by atoms with van der Waals surface area (Å²) in [4.78, 5) is 17.0. The van der Waals surface area contributed by atoms with Gasteiger partial charge in [0, 0.05) is 29.6 Å². The molecule has 0 spiro atoms. The second-order valence-electron chi connectivity index (χ2n) is 11.6. The van der Waals surface area contributed by atoms with E-state index in [9.17, 15) is 9.90 Å². The van der Waals surface area contributed by atoms with Crippen LogP contribution in [0.25, 0.3) is 22.2 Å². The molecule has 2 fully saturated rings. The van der Waals surface area contributed by atoms with Crippen LogP contribution >= 0.6 is 0 Å². The minimum atomic E-state index is -0.873. The zero-order valence-corrected chi connectivity index (χ0v) is 23.5. The van der Waals surface area contributed by atoms with Crippen LogP contribution in [0.3, 0.4) is 0 Å². The van der Waals surface area contributed by atoms with E-state index >= 15 is 0 Å². The smallest absolute Gasteiger partial charge is 0.335 e. The third-order valence-electron chi connectivity index (χ3n) is 9.25. The Kier molecular flexibility index (Phi) is 7.83. The predicted octanol–water partition coefficient (Wildman–Crippen LogP) is 7.15. The molecule has 2 aliphatic heterocycles. The van der Waals surface area contributed by atoms with Gasteiger partial charge in [0.1, 0.15) is 6.61 Å². The number of aromatic nitrogens is 1. The van der Waals surface area contributed by atoms with Gasteiger partial charge in [0.05, 0.1) is 23.5 Å². The van der Waals surface area contributed by atoms with Gasteiger partial charge in [-0.05, 0) is 94.4 Å². The van der Waals surface area contributed by atoms with Crippen molar-refractivity contribution in [2.24, 2.45) is 0 Å². The fourth-order valence-electron chi connectivity index (χ4n) is 7.30. The highest BCUT2D eigenvalue weighted by Gasteiger charge is 2.31. The van der Waals surface area contributed by atoms with Gasteiger partial charge in [-0.3, -0.25) is 0 Å². The Balaban J connectivity index is 1.41. The van der Waals surface area contributed by atoms with Crippen LogP contribution in [0, 0.1) is 0 Å². The first-order chi connectivity index (χ1) is 19.2. The predicted molar refractivity (Wildman–Crippen MR) is 158 cm³/mol. The molecule has 0 atom stereocenters. The van der Waals surface area contributed by atoms with Crippen LogP contribution in [0.15, 0.2) is 36.4 Å². The Morgan fingerprint density at radius 3 is 2.59 bits per heavy atom. The molecule has 1 aliphatic carbocycles. The largest absolute Gasteiger partial charge is 0.489 e. The van der Waals surface area contributed by atoms with Gasteiger partial charge in [0.15, 0.2) is 5.75 Å². The minimum absolute atomic E-state index is 0.350. The van der Waals surface area contributed by atoms with E-state index in [1.54, 1.807) is 6.07 Å². The average molecular weight is 530 g/mol. The number of likely N-dealkylation sites (tertiary alicyclic amines) is 1.